The molecule has 0 amide bonds. The van der Waals surface area contributed by atoms with Crippen molar-refractivity contribution < 1.29 is 57.3 Å². The number of hydrogen-bond acceptors (Lipinski definition) is 7. The third-order valence-corrected chi connectivity index (χ3v) is 0.611. The van der Waals surface area contributed by atoms with Crippen molar-refractivity contribution in [3.8, 4) is 0 Å². The Balaban J connectivity index is -0.0000000369. The summed E-state index contributed by atoms with van der Waals surface area (Å²) in [6.07, 6.45) is 0.875. The van der Waals surface area contributed by atoms with Gasteiger partial charge in [0.2, 0.25) is 0 Å². The molecule has 7 nitrogen and oxygen atoms in total. The van der Waals surface area contributed by atoms with Crippen LogP contribution in [0.3, 0.4) is 0 Å². The molecule has 0 aliphatic heterocycles. The second-order valence-electron chi connectivity index (χ2n) is 1.98. The second-order valence-corrected chi connectivity index (χ2v) is 1.98. The third kappa shape index (κ3) is 174. The summed E-state index contributed by atoms with van der Waals surface area (Å²) in [5.74, 6) is 0. The minimum absolute atomic E-state index is 0. The van der Waals surface area contributed by atoms with Gasteiger partial charge in [-0.3, -0.25) is 15.8 Å². The van der Waals surface area contributed by atoms with Gasteiger partial charge in [0.1, 0.15) is 0 Å². The van der Waals surface area contributed by atoms with Gasteiger partial charge in [-0.05, 0) is 27.2 Å². The molecule has 0 rings (SSSR count). The molecular formula is C9H26O7Ti. The first-order valence-electron chi connectivity index (χ1n) is 5.06. The van der Waals surface area contributed by atoms with Crippen molar-refractivity contribution in [2.24, 2.45) is 0 Å². The molecule has 0 atom stereocenters. The van der Waals surface area contributed by atoms with E-state index in [0.29, 0.717) is 26.4 Å². The Morgan fingerprint density at radius 2 is 0.824 bits per heavy atom. The Kier molecular flexibility index (Phi) is 98.6. The third-order valence-electron chi connectivity index (χ3n) is 0.611. The minimum Gasteiger partial charge on any atom is -0.396 e. The van der Waals surface area contributed by atoms with Crippen molar-refractivity contribution in [3.63, 3.8) is 0 Å². The molecule has 0 spiro atoms. The Morgan fingerprint density at radius 3 is 0.824 bits per heavy atom. The van der Waals surface area contributed by atoms with Crippen molar-refractivity contribution in [1.82, 2.24) is 0 Å². The van der Waals surface area contributed by atoms with Crippen LogP contribution >= 0.6 is 0 Å². The first kappa shape index (κ1) is 30.5. The first-order valence-corrected chi connectivity index (χ1v) is 5.06. The molecule has 0 aromatic heterocycles. The number of hydrogen-bond donors (Lipinski definition) is 4. The molecule has 108 valence electrons. The molecule has 0 heterocycles. The average molecular weight is 294 g/mol. The van der Waals surface area contributed by atoms with Gasteiger partial charge in [-0.1, -0.05) is 6.92 Å². The number of aliphatic hydroxyl groups is 1. The first-order chi connectivity index (χ1) is 7.66. The van der Waals surface area contributed by atoms with Crippen molar-refractivity contribution in [2.45, 2.75) is 34.1 Å². The summed E-state index contributed by atoms with van der Waals surface area (Å²) in [7, 11) is 0. The quantitative estimate of drug-likeness (QED) is 0.356. The monoisotopic (exact) mass is 294 g/mol. The molecule has 0 unspecified atom stereocenters. The summed E-state index contributed by atoms with van der Waals surface area (Å²) in [4.78, 5) is 10.6. The van der Waals surface area contributed by atoms with E-state index in [9.17, 15) is 0 Å². The van der Waals surface area contributed by atoms with Crippen LogP contribution in [0.15, 0.2) is 0 Å². The standard InChI is InChI=1S/C3H8O.3C2H6O2.Ti/c1-2-3-4;3*1-2-4-3;/h4H,2-3H2,1H3;3*3H,2H2,1H3;. The summed E-state index contributed by atoms with van der Waals surface area (Å²) in [6, 6.07) is 0. The molecule has 0 fully saturated rings. The van der Waals surface area contributed by atoms with Gasteiger partial charge in [0, 0.05) is 28.3 Å². The Bertz CT molecular complexity index is 45.3. The molecule has 0 bridgehead atoms. The molecule has 0 aliphatic carbocycles. The van der Waals surface area contributed by atoms with E-state index in [2.05, 4.69) is 14.7 Å². The fraction of sp³-hybridized carbons (Fsp3) is 1.00. The van der Waals surface area contributed by atoms with E-state index < -0.39 is 0 Å². The van der Waals surface area contributed by atoms with Crippen LogP contribution < -0.4 is 0 Å². The van der Waals surface area contributed by atoms with Gasteiger partial charge in [0.05, 0.1) is 19.8 Å². The normalized spacial score (nSPS) is 7.06. The molecule has 0 saturated heterocycles. The molecule has 0 aliphatic rings. The Labute approximate surface area is 118 Å². The van der Waals surface area contributed by atoms with Gasteiger partial charge in [-0.15, -0.1) is 0 Å². The summed E-state index contributed by atoms with van der Waals surface area (Å²) in [6.45, 7) is 8.50. The van der Waals surface area contributed by atoms with Gasteiger partial charge in [0.15, 0.2) is 0 Å². The van der Waals surface area contributed by atoms with Crippen molar-refractivity contribution in [3.05, 3.63) is 0 Å². The van der Waals surface area contributed by atoms with Gasteiger partial charge in [-0.2, -0.15) is 0 Å². The molecule has 0 radical (unpaired) electrons. The molecule has 0 saturated carbocycles. The SMILES string of the molecule is CCCO.CCOO.CCOO.CCOO.[Ti]. The predicted octanol–water partition coefficient (Wildman–Crippen LogP) is 1.87. The Morgan fingerprint density at radius 1 is 0.706 bits per heavy atom. The van der Waals surface area contributed by atoms with Crippen LogP contribution in [0.5, 0.6) is 0 Å². The van der Waals surface area contributed by atoms with E-state index in [0.717, 1.165) is 6.42 Å². The fourth-order valence-electron chi connectivity index (χ4n) is 0. The largest absolute Gasteiger partial charge is 0.396 e. The van der Waals surface area contributed by atoms with Crippen LogP contribution in [-0.4, -0.2) is 47.3 Å². The molecular weight excluding hydrogens is 268 g/mol. The zero-order chi connectivity index (χ0) is 13.7. The van der Waals surface area contributed by atoms with E-state index in [1.807, 2.05) is 6.92 Å². The van der Waals surface area contributed by atoms with Crippen LogP contribution in [0.2, 0.25) is 0 Å². The van der Waals surface area contributed by atoms with Crippen LogP contribution in [0, 0.1) is 0 Å². The molecule has 0 aromatic rings. The zero-order valence-corrected chi connectivity index (χ0v) is 12.6. The number of rotatable bonds is 4. The zero-order valence-electron chi connectivity index (χ0n) is 11.0. The summed E-state index contributed by atoms with van der Waals surface area (Å²) >= 11 is 0. The maximum absolute atomic E-state index is 7.88. The average Bonchev–Trinajstić information content (AvgIpc) is 2.39. The summed E-state index contributed by atoms with van der Waals surface area (Å²) in [5, 5.41) is 30.0. The molecule has 17 heavy (non-hydrogen) atoms. The van der Waals surface area contributed by atoms with Gasteiger partial charge in [0.25, 0.3) is 0 Å². The predicted molar refractivity (Wildman–Crippen MR) is 60.1 cm³/mol. The van der Waals surface area contributed by atoms with E-state index in [4.69, 9.17) is 20.9 Å². The summed E-state index contributed by atoms with van der Waals surface area (Å²) in [5.41, 5.74) is 0. The second kappa shape index (κ2) is 55.0. The fourth-order valence-corrected chi connectivity index (χ4v) is 0. The van der Waals surface area contributed by atoms with Crippen LogP contribution in [0.25, 0.3) is 0 Å². The van der Waals surface area contributed by atoms with Crippen LogP contribution in [0.4, 0.5) is 0 Å². The van der Waals surface area contributed by atoms with Crippen molar-refractivity contribution in [2.75, 3.05) is 26.4 Å². The van der Waals surface area contributed by atoms with Crippen LogP contribution in [0.1, 0.15) is 34.1 Å². The maximum Gasteiger partial charge on any atom is 0.0791 e. The van der Waals surface area contributed by atoms with Crippen molar-refractivity contribution >= 4 is 0 Å². The minimum atomic E-state index is 0. The van der Waals surface area contributed by atoms with Gasteiger partial charge >= 0.3 is 0 Å². The molecule has 8 heteroatoms. The van der Waals surface area contributed by atoms with E-state index in [1.54, 1.807) is 20.8 Å². The molecule has 4 N–H and O–H groups in total. The van der Waals surface area contributed by atoms with Gasteiger partial charge < -0.3 is 5.11 Å². The topological polar surface area (TPSA) is 109 Å². The maximum atomic E-state index is 7.88. The molecule has 0 aromatic carbocycles. The van der Waals surface area contributed by atoms with E-state index in [1.165, 1.54) is 0 Å². The van der Waals surface area contributed by atoms with E-state index >= 15 is 0 Å². The van der Waals surface area contributed by atoms with Crippen LogP contribution in [-0.2, 0) is 36.4 Å². The smallest absolute Gasteiger partial charge is 0.0791 e. The van der Waals surface area contributed by atoms with E-state index in [-0.39, 0.29) is 21.7 Å². The Hall–Kier alpha value is 0.434. The summed E-state index contributed by atoms with van der Waals surface area (Å²) < 4.78 is 0. The van der Waals surface area contributed by atoms with Crippen molar-refractivity contribution in [1.29, 1.82) is 0 Å². The number of aliphatic hydroxyl groups excluding tert-OH is 1. The van der Waals surface area contributed by atoms with Gasteiger partial charge in [-0.25, -0.2) is 14.7 Å².